The molecule has 0 fully saturated rings. The fourth-order valence-electron chi connectivity index (χ4n) is 1.66. The van der Waals surface area contributed by atoms with E-state index in [1.54, 1.807) is 0 Å². The first-order valence-corrected chi connectivity index (χ1v) is 4.34. The van der Waals surface area contributed by atoms with Gasteiger partial charge in [-0.3, -0.25) is 0 Å². The smallest absolute Gasteiger partial charge is 0.129 e. The molecule has 1 N–H and O–H groups in total. The molecule has 2 nitrogen and oxygen atoms in total. The van der Waals surface area contributed by atoms with Crippen molar-refractivity contribution in [2.24, 2.45) is 0 Å². The Hall–Kier alpha value is -1.05. The van der Waals surface area contributed by atoms with Gasteiger partial charge in [-0.05, 0) is 13.0 Å². The van der Waals surface area contributed by atoms with Crippen LogP contribution in [-0.4, -0.2) is 11.0 Å². The Morgan fingerprint density at radius 1 is 1.50 bits per heavy atom. The van der Waals surface area contributed by atoms with Gasteiger partial charge in [-0.15, -0.1) is 0 Å². The first-order chi connectivity index (χ1) is 5.62. The van der Waals surface area contributed by atoms with Crippen molar-refractivity contribution < 1.29 is 0 Å². The van der Waals surface area contributed by atoms with Gasteiger partial charge in [0.1, 0.15) is 5.82 Å². The van der Waals surface area contributed by atoms with Crippen molar-refractivity contribution in [3.05, 3.63) is 23.9 Å². The number of nitrogens with one attached hydrogen (secondary N) is 1. The lowest BCUT2D eigenvalue weighted by Crippen LogP contribution is -2.29. The molecule has 1 aliphatic rings. The molecule has 12 heavy (non-hydrogen) atoms. The van der Waals surface area contributed by atoms with Crippen molar-refractivity contribution in [3.8, 4) is 0 Å². The van der Waals surface area contributed by atoms with Crippen LogP contribution in [0.1, 0.15) is 26.3 Å². The topological polar surface area (TPSA) is 24.9 Å². The number of fused-ring (bicyclic) bond motifs is 1. The number of hydrogen-bond acceptors (Lipinski definition) is 2. The molecule has 0 saturated heterocycles. The number of anilines is 1. The lowest BCUT2D eigenvalue weighted by Gasteiger charge is -2.23. The van der Waals surface area contributed by atoms with Gasteiger partial charge in [-0.2, -0.15) is 0 Å². The molecular formula is C10H14N2. The Labute approximate surface area is 73.0 Å². The number of rotatable bonds is 0. The summed E-state index contributed by atoms with van der Waals surface area (Å²) in [5.41, 5.74) is 1.54. The lowest BCUT2D eigenvalue weighted by atomic mass is 9.82. The van der Waals surface area contributed by atoms with Crippen LogP contribution in [0, 0.1) is 0 Å². The molecule has 0 bridgehead atoms. The predicted octanol–water partition coefficient (Wildman–Crippen LogP) is 2.17. The average molecular weight is 162 g/mol. The summed E-state index contributed by atoms with van der Waals surface area (Å²) in [5.74, 6) is 1.05. The molecule has 0 amide bonds. The summed E-state index contributed by atoms with van der Waals surface area (Å²) in [5, 5.41) is 3.38. The average Bonchev–Trinajstić information content (AvgIpc) is 2.25. The summed E-state index contributed by atoms with van der Waals surface area (Å²) in [6, 6.07) is 4.63. The van der Waals surface area contributed by atoms with Crippen LogP contribution in [0.4, 0.5) is 5.82 Å². The molecule has 0 spiro atoms. The first-order valence-electron chi connectivity index (χ1n) is 4.34. The summed E-state index contributed by atoms with van der Waals surface area (Å²) in [7, 11) is 0. The maximum Gasteiger partial charge on any atom is 0.129 e. The molecule has 1 aromatic rings. The van der Waals surface area contributed by atoms with Gasteiger partial charge in [-0.25, -0.2) is 4.98 Å². The fourth-order valence-corrected chi connectivity index (χ4v) is 1.66. The van der Waals surface area contributed by atoms with Gasteiger partial charge in [0.2, 0.25) is 0 Å². The van der Waals surface area contributed by atoms with Crippen LogP contribution in [-0.2, 0) is 5.41 Å². The Balaban J connectivity index is 2.55. The van der Waals surface area contributed by atoms with Gasteiger partial charge in [0, 0.05) is 23.2 Å². The molecule has 64 valence electrons. The highest BCUT2D eigenvalue weighted by Gasteiger charge is 2.36. The van der Waals surface area contributed by atoms with Crippen LogP contribution in [0.15, 0.2) is 18.3 Å². The monoisotopic (exact) mass is 162 g/mol. The van der Waals surface area contributed by atoms with Crippen molar-refractivity contribution in [3.63, 3.8) is 0 Å². The van der Waals surface area contributed by atoms with Crippen molar-refractivity contribution in [1.82, 2.24) is 4.98 Å². The summed E-state index contributed by atoms with van der Waals surface area (Å²) in [6.07, 6.45) is 1.83. The zero-order chi connectivity index (χ0) is 8.77. The normalized spacial score (nSPS) is 24.8. The minimum absolute atomic E-state index is 0.212. The standard InChI is InChI=1S/C10H14N2/c1-7-10(2,3)8-5-4-6-11-9(8)12-7/h4-7H,1-3H3,(H,11,12). The van der Waals surface area contributed by atoms with Gasteiger partial charge in [0.05, 0.1) is 0 Å². The Bertz CT molecular complexity index is 304. The minimum Gasteiger partial charge on any atom is -0.366 e. The number of hydrogen-bond donors (Lipinski definition) is 1. The van der Waals surface area contributed by atoms with E-state index in [0.29, 0.717) is 6.04 Å². The molecule has 0 aliphatic carbocycles. The summed E-state index contributed by atoms with van der Waals surface area (Å²) < 4.78 is 0. The highest BCUT2D eigenvalue weighted by atomic mass is 15.1. The van der Waals surface area contributed by atoms with Crippen LogP contribution >= 0.6 is 0 Å². The van der Waals surface area contributed by atoms with Crippen LogP contribution in [0.25, 0.3) is 0 Å². The third-order valence-electron chi connectivity index (χ3n) is 2.94. The van der Waals surface area contributed by atoms with Crippen molar-refractivity contribution in [1.29, 1.82) is 0 Å². The maximum atomic E-state index is 4.29. The van der Waals surface area contributed by atoms with E-state index in [1.165, 1.54) is 5.56 Å². The first kappa shape index (κ1) is 7.59. The van der Waals surface area contributed by atoms with Crippen LogP contribution in [0.5, 0.6) is 0 Å². The van der Waals surface area contributed by atoms with Crippen molar-refractivity contribution in [2.45, 2.75) is 32.2 Å². The Kier molecular flexibility index (Phi) is 1.40. The quantitative estimate of drug-likeness (QED) is 0.632. The van der Waals surface area contributed by atoms with Crippen LogP contribution < -0.4 is 5.32 Å². The highest BCUT2D eigenvalue weighted by Crippen LogP contribution is 2.38. The van der Waals surface area contributed by atoms with E-state index in [4.69, 9.17) is 0 Å². The van der Waals surface area contributed by atoms with E-state index in [-0.39, 0.29) is 5.41 Å². The van der Waals surface area contributed by atoms with E-state index >= 15 is 0 Å². The van der Waals surface area contributed by atoms with Gasteiger partial charge in [0.25, 0.3) is 0 Å². The lowest BCUT2D eigenvalue weighted by molar-refractivity contribution is 0.486. The van der Waals surface area contributed by atoms with Gasteiger partial charge in [-0.1, -0.05) is 19.9 Å². The summed E-state index contributed by atoms with van der Waals surface area (Å²) in [6.45, 7) is 6.69. The Morgan fingerprint density at radius 3 is 2.92 bits per heavy atom. The van der Waals surface area contributed by atoms with E-state index in [1.807, 2.05) is 12.3 Å². The number of nitrogens with zero attached hydrogens (tertiary/aromatic N) is 1. The fraction of sp³-hybridized carbons (Fsp3) is 0.500. The summed E-state index contributed by atoms with van der Waals surface area (Å²) in [4.78, 5) is 4.29. The van der Waals surface area contributed by atoms with Crippen LogP contribution in [0.2, 0.25) is 0 Å². The molecule has 1 aromatic heterocycles. The zero-order valence-electron chi connectivity index (χ0n) is 7.76. The van der Waals surface area contributed by atoms with Crippen LogP contribution in [0.3, 0.4) is 0 Å². The largest absolute Gasteiger partial charge is 0.366 e. The zero-order valence-corrected chi connectivity index (χ0v) is 7.76. The molecule has 1 atom stereocenters. The van der Waals surface area contributed by atoms with Gasteiger partial charge in [0.15, 0.2) is 0 Å². The summed E-state index contributed by atoms with van der Waals surface area (Å²) >= 11 is 0. The Morgan fingerprint density at radius 2 is 2.25 bits per heavy atom. The third-order valence-corrected chi connectivity index (χ3v) is 2.94. The molecule has 2 rings (SSSR count). The molecule has 1 unspecified atom stereocenters. The van der Waals surface area contributed by atoms with Gasteiger partial charge < -0.3 is 5.32 Å². The van der Waals surface area contributed by atoms with Crippen molar-refractivity contribution in [2.75, 3.05) is 5.32 Å². The second-order valence-electron chi connectivity index (χ2n) is 3.99. The molecular weight excluding hydrogens is 148 g/mol. The van der Waals surface area contributed by atoms with E-state index in [9.17, 15) is 0 Å². The van der Waals surface area contributed by atoms with E-state index in [0.717, 1.165) is 5.82 Å². The molecule has 0 saturated carbocycles. The minimum atomic E-state index is 0.212. The second kappa shape index (κ2) is 2.22. The van der Waals surface area contributed by atoms with E-state index in [2.05, 4.69) is 37.1 Å². The third kappa shape index (κ3) is 0.840. The highest BCUT2D eigenvalue weighted by molar-refractivity contribution is 5.55. The molecule has 0 aromatic carbocycles. The number of pyridine rings is 1. The van der Waals surface area contributed by atoms with Crippen molar-refractivity contribution >= 4 is 5.82 Å². The maximum absolute atomic E-state index is 4.29. The second-order valence-corrected chi connectivity index (χ2v) is 3.99. The molecule has 0 radical (unpaired) electrons. The van der Waals surface area contributed by atoms with E-state index < -0.39 is 0 Å². The molecule has 2 heteroatoms. The molecule has 1 aliphatic heterocycles. The van der Waals surface area contributed by atoms with Gasteiger partial charge >= 0.3 is 0 Å². The predicted molar refractivity (Wildman–Crippen MR) is 50.3 cm³/mol. The molecule has 2 heterocycles. The SMILES string of the molecule is CC1Nc2ncccc2C1(C)C. The number of aromatic nitrogens is 1.